The smallest absolute Gasteiger partial charge is 0.139 e. The molecule has 0 aromatic rings. The Bertz CT molecular complexity index is 326. The molecule has 0 bridgehead atoms. The zero-order chi connectivity index (χ0) is 14.4. The average Bonchev–Trinajstić information content (AvgIpc) is 2.27. The van der Waals surface area contributed by atoms with E-state index in [1.807, 2.05) is 0 Å². The van der Waals surface area contributed by atoms with Gasteiger partial charge in [0.05, 0.1) is 18.8 Å². The first-order chi connectivity index (χ1) is 8.91. The fraction of sp³-hybridized carbons (Fsp3) is 0.867. The molecule has 0 unspecified atom stereocenters. The van der Waals surface area contributed by atoms with Crippen molar-refractivity contribution < 1.29 is 19.8 Å². The van der Waals surface area contributed by atoms with Crippen molar-refractivity contribution in [2.75, 3.05) is 32.8 Å². The highest BCUT2D eigenvalue weighted by Crippen LogP contribution is 2.34. The van der Waals surface area contributed by atoms with Gasteiger partial charge in [-0.15, -0.1) is 0 Å². The average molecular weight is 270 g/mol. The summed E-state index contributed by atoms with van der Waals surface area (Å²) >= 11 is 0. The molecular formula is C15H28NO3+. The van der Waals surface area contributed by atoms with Crippen molar-refractivity contribution in [3.63, 3.8) is 0 Å². The van der Waals surface area contributed by atoms with Gasteiger partial charge in [-0.2, -0.15) is 0 Å². The lowest BCUT2D eigenvalue weighted by Gasteiger charge is -2.40. The van der Waals surface area contributed by atoms with Gasteiger partial charge in [-0.05, 0) is 46.0 Å². The van der Waals surface area contributed by atoms with Crippen molar-refractivity contribution in [1.82, 2.24) is 0 Å². The fourth-order valence-corrected chi connectivity index (χ4v) is 2.63. The molecule has 1 heterocycles. The van der Waals surface area contributed by atoms with Crippen molar-refractivity contribution in [3.05, 3.63) is 0 Å². The highest BCUT2D eigenvalue weighted by Gasteiger charge is 2.35. The summed E-state index contributed by atoms with van der Waals surface area (Å²) in [7, 11) is 0. The first kappa shape index (κ1) is 16.5. The lowest BCUT2D eigenvalue weighted by atomic mass is 9.88. The molecule has 3 N–H and O–H groups in total. The van der Waals surface area contributed by atoms with Crippen molar-refractivity contribution in [1.29, 1.82) is 0 Å². The Morgan fingerprint density at radius 2 is 1.74 bits per heavy atom. The van der Waals surface area contributed by atoms with Crippen LogP contribution in [0.3, 0.4) is 0 Å². The number of aliphatic hydroxyl groups is 2. The third-order valence-corrected chi connectivity index (χ3v) is 3.56. The van der Waals surface area contributed by atoms with Crippen LogP contribution in [-0.2, 0) is 4.74 Å². The number of hydrogen-bond acceptors (Lipinski definition) is 3. The minimum absolute atomic E-state index is 0.0928. The van der Waals surface area contributed by atoms with Crippen molar-refractivity contribution in [2.45, 2.75) is 51.2 Å². The molecule has 1 saturated heterocycles. The van der Waals surface area contributed by atoms with Crippen molar-refractivity contribution in [2.24, 2.45) is 0 Å². The summed E-state index contributed by atoms with van der Waals surface area (Å²) in [6.07, 6.45) is 3.19. The molecule has 19 heavy (non-hydrogen) atoms. The minimum Gasteiger partial charge on any atom is -0.391 e. The molecule has 4 nitrogen and oxygen atoms in total. The number of hydrogen-bond donors (Lipinski definition) is 3. The number of aliphatic hydroxyl groups excluding tert-OH is 2. The molecular weight excluding hydrogens is 242 g/mol. The van der Waals surface area contributed by atoms with Crippen LogP contribution >= 0.6 is 0 Å². The molecule has 1 rings (SSSR count). The maximum Gasteiger partial charge on any atom is 0.139 e. The minimum atomic E-state index is -0.356. The van der Waals surface area contributed by atoms with Crippen LogP contribution in [0.4, 0.5) is 0 Å². The Morgan fingerprint density at radius 1 is 1.11 bits per heavy atom. The van der Waals surface area contributed by atoms with E-state index in [4.69, 9.17) is 14.9 Å². The van der Waals surface area contributed by atoms with Gasteiger partial charge in [0.1, 0.15) is 25.2 Å². The van der Waals surface area contributed by atoms with Gasteiger partial charge in [0, 0.05) is 0 Å². The third kappa shape index (κ3) is 5.92. The highest BCUT2D eigenvalue weighted by atomic mass is 16.5. The van der Waals surface area contributed by atoms with E-state index in [9.17, 15) is 0 Å². The van der Waals surface area contributed by atoms with Gasteiger partial charge in [-0.25, -0.2) is 0 Å². The number of nitrogens with one attached hydrogen (secondary N) is 1. The van der Waals surface area contributed by atoms with Crippen LogP contribution in [0, 0.1) is 11.8 Å². The van der Waals surface area contributed by atoms with Crippen molar-refractivity contribution >= 4 is 0 Å². The van der Waals surface area contributed by atoms with Gasteiger partial charge in [0.25, 0.3) is 0 Å². The van der Waals surface area contributed by atoms with Crippen LogP contribution in [0.1, 0.15) is 40.0 Å². The highest BCUT2D eigenvalue weighted by molar-refractivity contribution is 5.14. The fourth-order valence-electron chi connectivity index (χ4n) is 2.63. The Kier molecular flexibility index (Phi) is 6.28. The second kappa shape index (κ2) is 7.25. The molecule has 110 valence electrons. The molecule has 1 fully saturated rings. The molecule has 0 aromatic heterocycles. The van der Waals surface area contributed by atoms with Crippen LogP contribution in [0.15, 0.2) is 0 Å². The topological polar surface area (TPSA) is 54.1 Å². The summed E-state index contributed by atoms with van der Waals surface area (Å²) in [6.45, 7) is 8.41. The lowest BCUT2D eigenvalue weighted by molar-refractivity contribution is -0.893. The summed E-state index contributed by atoms with van der Waals surface area (Å²) in [5.41, 5.74) is -0.449. The Balaban J connectivity index is 2.55. The monoisotopic (exact) mass is 270 g/mol. The van der Waals surface area contributed by atoms with Gasteiger partial charge in [0.15, 0.2) is 0 Å². The maximum atomic E-state index is 8.96. The van der Waals surface area contributed by atoms with E-state index in [-0.39, 0.29) is 24.4 Å². The van der Waals surface area contributed by atoms with E-state index >= 15 is 0 Å². The second-order valence-electron chi connectivity index (χ2n) is 6.12. The van der Waals surface area contributed by atoms with Gasteiger partial charge >= 0.3 is 0 Å². The third-order valence-electron chi connectivity index (χ3n) is 3.56. The number of ether oxygens (including phenoxy) is 1. The Labute approximate surface area is 116 Å². The zero-order valence-electron chi connectivity index (χ0n) is 12.5. The largest absolute Gasteiger partial charge is 0.391 e. The molecule has 0 spiro atoms. The molecule has 4 heteroatoms. The summed E-state index contributed by atoms with van der Waals surface area (Å²) in [5, 5.41) is 17.9. The lowest BCUT2D eigenvalue weighted by Crippen LogP contribution is -3.13. The van der Waals surface area contributed by atoms with E-state index in [2.05, 4.69) is 32.6 Å². The Morgan fingerprint density at radius 3 is 2.26 bits per heavy atom. The summed E-state index contributed by atoms with van der Waals surface area (Å²) in [6, 6.07) is 0. The predicted octanol–water partition coefficient (Wildman–Crippen LogP) is -0.403. The van der Waals surface area contributed by atoms with Crippen molar-refractivity contribution in [3.8, 4) is 11.8 Å². The molecule has 0 aromatic carbocycles. The summed E-state index contributed by atoms with van der Waals surface area (Å²) in [4.78, 5) is 1.11. The molecule has 1 aliphatic rings. The van der Waals surface area contributed by atoms with Crippen LogP contribution in [0.2, 0.25) is 0 Å². The normalized spacial score (nSPS) is 26.0. The van der Waals surface area contributed by atoms with Gasteiger partial charge in [-0.3, -0.25) is 0 Å². The van der Waals surface area contributed by atoms with Gasteiger partial charge < -0.3 is 19.8 Å². The standard InChI is InChI=1S/C15H27NO3/c1-14(2)6-4-7-15(3,19-14)8-5-9-16(10-12-17)11-13-18/h17-18H,4,6-7,9-13H2,1-3H3/p+1/t15-/m1/s1. The second-order valence-corrected chi connectivity index (χ2v) is 6.12. The molecule has 0 aliphatic carbocycles. The molecule has 0 radical (unpaired) electrons. The van der Waals surface area contributed by atoms with Gasteiger partial charge in [0.2, 0.25) is 0 Å². The zero-order valence-corrected chi connectivity index (χ0v) is 12.5. The van der Waals surface area contributed by atoms with Crippen LogP contribution in [0.25, 0.3) is 0 Å². The summed E-state index contributed by atoms with van der Waals surface area (Å²) in [5.74, 6) is 6.41. The first-order valence-corrected chi connectivity index (χ1v) is 7.16. The van der Waals surface area contributed by atoms with Crippen LogP contribution in [-0.4, -0.2) is 54.3 Å². The van der Waals surface area contributed by atoms with E-state index in [1.165, 1.54) is 0 Å². The quantitative estimate of drug-likeness (QED) is 0.596. The summed E-state index contributed by atoms with van der Waals surface area (Å²) < 4.78 is 6.08. The van der Waals surface area contributed by atoms with E-state index in [0.717, 1.165) is 24.2 Å². The first-order valence-electron chi connectivity index (χ1n) is 7.16. The maximum absolute atomic E-state index is 8.96. The Hall–Kier alpha value is -0.600. The van der Waals surface area contributed by atoms with E-state index < -0.39 is 0 Å². The van der Waals surface area contributed by atoms with Gasteiger partial charge in [-0.1, -0.05) is 5.92 Å². The molecule has 1 atom stereocenters. The molecule has 0 saturated carbocycles. The number of rotatable bonds is 5. The van der Waals surface area contributed by atoms with E-state index in [1.54, 1.807) is 0 Å². The molecule has 1 aliphatic heterocycles. The van der Waals surface area contributed by atoms with Crippen LogP contribution in [0.5, 0.6) is 0 Å². The SMILES string of the molecule is CC1(C)CCC[C@](C)(C#CC[NH+](CCO)CCO)O1. The molecule has 0 amide bonds. The predicted molar refractivity (Wildman–Crippen MR) is 74.9 cm³/mol. The van der Waals surface area contributed by atoms with E-state index in [0.29, 0.717) is 19.6 Å². The van der Waals surface area contributed by atoms with Crippen LogP contribution < -0.4 is 4.90 Å². The number of quaternary nitrogens is 1.